The molecule has 2 heterocycles. The lowest BCUT2D eigenvalue weighted by Crippen LogP contribution is -2.56. The van der Waals surface area contributed by atoms with Crippen LogP contribution in [-0.2, 0) is 24.5 Å². The van der Waals surface area contributed by atoms with Crippen LogP contribution in [0.2, 0.25) is 0 Å². The van der Waals surface area contributed by atoms with E-state index in [-0.39, 0.29) is 30.7 Å². The first kappa shape index (κ1) is 26.9. The zero-order valence-electron chi connectivity index (χ0n) is 22.4. The molecule has 0 radical (unpaired) electrons. The smallest absolute Gasteiger partial charge is 0.408 e. The van der Waals surface area contributed by atoms with Crippen LogP contribution in [-0.4, -0.2) is 59.0 Å². The molecule has 2 saturated carbocycles. The molecule has 10 nitrogen and oxygen atoms in total. The third-order valence-corrected chi connectivity index (χ3v) is 7.90. The fourth-order valence-electron chi connectivity index (χ4n) is 5.63. The lowest BCUT2D eigenvalue weighted by molar-refractivity contribution is -0.137. The minimum Gasteiger partial charge on any atom is -0.444 e. The Hall–Kier alpha value is -3.68. The Kier molecular flexibility index (Phi) is 6.77. The van der Waals surface area contributed by atoms with E-state index in [1.807, 2.05) is 0 Å². The number of nitrogens with one attached hydrogen (secondary N) is 3. The number of alkyl carbamates (subject to hydrolysis) is 1. The van der Waals surface area contributed by atoms with E-state index >= 15 is 0 Å². The standard InChI is InChI=1S/C28H34FN5O5/c1-27(2,3)39-26(38)33-22(16-6-7-16)23(35)31-21(10-15-4-5-15)24(36)34-14-28(12-18(34)13-30)19-11-17(29)8-9-20(19)32-25(28)37/h8-9,11,15-16,18,21-22H,4-7,10,12,14H2,1-3H3,(H,31,35)(H,32,37)(H,33,38)/t18-,21-,22-,28-/m0/s1. The molecule has 11 heteroatoms. The van der Waals surface area contributed by atoms with Crippen LogP contribution in [0.1, 0.15) is 64.9 Å². The average Bonchev–Trinajstić information content (AvgIpc) is 3.79. The predicted molar refractivity (Wildman–Crippen MR) is 138 cm³/mol. The van der Waals surface area contributed by atoms with Crippen LogP contribution in [0.25, 0.3) is 0 Å². The van der Waals surface area contributed by atoms with Gasteiger partial charge in [-0.2, -0.15) is 5.26 Å². The van der Waals surface area contributed by atoms with Gasteiger partial charge in [0.2, 0.25) is 17.7 Å². The van der Waals surface area contributed by atoms with E-state index in [1.165, 1.54) is 23.1 Å². The molecule has 39 heavy (non-hydrogen) atoms. The van der Waals surface area contributed by atoms with E-state index in [0.29, 0.717) is 17.7 Å². The number of rotatable bonds is 7. The molecule has 1 spiro atoms. The molecule has 2 aliphatic carbocycles. The van der Waals surface area contributed by atoms with Gasteiger partial charge in [-0.1, -0.05) is 12.8 Å². The van der Waals surface area contributed by atoms with Crippen LogP contribution in [0.5, 0.6) is 0 Å². The van der Waals surface area contributed by atoms with Crippen molar-refractivity contribution in [3.05, 3.63) is 29.6 Å². The molecule has 4 amide bonds. The first-order valence-electron chi connectivity index (χ1n) is 13.5. The summed E-state index contributed by atoms with van der Waals surface area (Å²) in [5, 5.41) is 18.2. The topological polar surface area (TPSA) is 141 Å². The molecule has 4 atom stereocenters. The molecule has 5 rings (SSSR count). The second kappa shape index (κ2) is 9.81. The zero-order valence-corrected chi connectivity index (χ0v) is 22.4. The van der Waals surface area contributed by atoms with Crippen molar-refractivity contribution in [2.45, 2.75) is 88.4 Å². The summed E-state index contributed by atoms with van der Waals surface area (Å²) in [5.74, 6) is -1.61. The Morgan fingerprint density at radius 1 is 1.23 bits per heavy atom. The molecule has 0 aromatic heterocycles. The molecule has 3 N–H and O–H groups in total. The van der Waals surface area contributed by atoms with Crippen molar-refractivity contribution in [3.63, 3.8) is 0 Å². The summed E-state index contributed by atoms with van der Waals surface area (Å²) in [6.07, 6.45) is 3.13. The Labute approximate surface area is 226 Å². The number of benzene rings is 1. The fraction of sp³-hybridized carbons (Fsp3) is 0.607. The predicted octanol–water partition coefficient (Wildman–Crippen LogP) is 2.73. The Bertz CT molecular complexity index is 1250. The van der Waals surface area contributed by atoms with Gasteiger partial charge in [0.05, 0.1) is 11.5 Å². The average molecular weight is 540 g/mol. The van der Waals surface area contributed by atoms with Gasteiger partial charge in [-0.15, -0.1) is 0 Å². The largest absolute Gasteiger partial charge is 0.444 e. The Balaban J connectivity index is 1.35. The maximum absolute atomic E-state index is 14.1. The number of nitriles is 1. The summed E-state index contributed by atoms with van der Waals surface area (Å²) in [6, 6.07) is 3.46. The Morgan fingerprint density at radius 3 is 2.56 bits per heavy atom. The highest BCUT2D eigenvalue weighted by molar-refractivity contribution is 6.07. The number of amides is 4. The maximum Gasteiger partial charge on any atom is 0.408 e. The van der Waals surface area contributed by atoms with Crippen molar-refractivity contribution in [1.29, 1.82) is 5.26 Å². The maximum atomic E-state index is 14.1. The van der Waals surface area contributed by atoms with Gasteiger partial charge in [0, 0.05) is 18.7 Å². The third kappa shape index (κ3) is 5.56. The van der Waals surface area contributed by atoms with Gasteiger partial charge in [0.15, 0.2) is 0 Å². The van der Waals surface area contributed by atoms with Crippen LogP contribution in [0.15, 0.2) is 18.2 Å². The quantitative estimate of drug-likeness (QED) is 0.487. The normalized spacial score (nSPS) is 25.4. The molecule has 0 unspecified atom stereocenters. The van der Waals surface area contributed by atoms with Crippen molar-refractivity contribution in [1.82, 2.24) is 15.5 Å². The first-order chi connectivity index (χ1) is 18.4. The molecule has 208 valence electrons. The van der Waals surface area contributed by atoms with Gasteiger partial charge >= 0.3 is 6.09 Å². The summed E-state index contributed by atoms with van der Waals surface area (Å²) in [5.41, 5.74) is -1.07. The molecule has 2 aliphatic heterocycles. The number of ether oxygens (including phenoxy) is 1. The molecule has 1 aromatic rings. The van der Waals surface area contributed by atoms with E-state index in [2.05, 4.69) is 22.0 Å². The molecule has 3 fully saturated rings. The van der Waals surface area contributed by atoms with Crippen molar-refractivity contribution >= 4 is 29.5 Å². The van der Waals surface area contributed by atoms with E-state index in [1.54, 1.807) is 20.8 Å². The number of fused-ring (bicyclic) bond motifs is 2. The first-order valence-corrected chi connectivity index (χ1v) is 13.5. The number of carbonyl (C=O) groups excluding carboxylic acids is 4. The summed E-state index contributed by atoms with van der Waals surface area (Å²) < 4.78 is 19.5. The van der Waals surface area contributed by atoms with E-state index in [9.17, 15) is 28.8 Å². The van der Waals surface area contributed by atoms with Crippen molar-refractivity contribution < 1.29 is 28.3 Å². The number of halogens is 1. The number of carbonyl (C=O) groups is 4. The lowest BCUT2D eigenvalue weighted by Gasteiger charge is -2.29. The highest BCUT2D eigenvalue weighted by atomic mass is 19.1. The van der Waals surface area contributed by atoms with Gasteiger partial charge < -0.3 is 25.6 Å². The fourth-order valence-corrected chi connectivity index (χ4v) is 5.63. The van der Waals surface area contributed by atoms with E-state index < -0.39 is 52.9 Å². The van der Waals surface area contributed by atoms with E-state index in [4.69, 9.17) is 4.74 Å². The van der Waals surface area contributed by atoms with Crippen molar-refractivity contribution in [3.8, 4) is 6.07 Å². The van der Waals surface area contributed by atoms with Crippen molar-refractivity contribution in [2.75, 3.05) is 11.9 Å². The highest BCUT2D eigenvalue weighted by Crippen LogP contribution is 2.47. The number of hydrogen-bond acceptors (Lipinski definition) is 6. The molecular formula is C28H34FN5O5. The van der Waals surface area contributed by atoms with Gasteiger partial charge in [0.1, 0.15) is 29.5 Å². The van der Waals surface area contributed by atoms with Crippen molar-refractivity contribution in [2.24, 2.45) is 11.8 Å². The van der Waals surface area contributed by atoms with Crippen LogP contribution in [0.3, 0.4) is 0 Å². The molecular weight excluding hydrogens is 505 g/mol. The van der Waals surface area contributed by atoms with E-state index in [0.717, 1.165) is 25.7 Å². The SMILES string of the molecule is CC(C)(C)OC(=O)N[C@H](C(=O)N[C@@H](CC1CC1)C(=O)N1C[C@]2(C[C@H]1C#N)C(=O)Nc1ccc(F)cc12)C1CC1. The molecule has 1 aromatic carbocycles. The summed E-state index contributed by atoms with van der Waals surface area (Å²) in [4.78, 5) is 54.2. The third-order valence-electron chi connectivity index (χ3n) is 7.90. The zero-order chi connectivity index (χ0) is 28.1. The second-order valence-electron chi connectivity index (χ2n) is 12.2. The summed E-state index contributed by atoms with van der Waals surface area (Å²) in [6.45, 7) is 5.10. The van der Waals surface area contributed by atoms with Gasteiger partial charge in [-0.3, -0.25) is 14.4 Å². The van der Waals surface area contributed by atoms with Crippen LogP contribution in [0, 0.1) is 29.0 Å². The number of anilines is 1. The van der Waals surface area contributed by atoms with Gasteiger partial charge in [0.25, 0.3) is 0 Å². The van der Waals surface area contributed by atoms with Crippen LogP contribution < -0.4 is 16.0 Å². The second-order valence-corrected chi connectivity index (χ2v) is 12.2. The number of hydrogen-bond donors (Lipinski definition) is 3. The molecule has 4 aliphatic rings. The number of nitrogens with zero attached hydrogens (tertiary/aromatic N) is 2. The Morgan fingerprint density at radius 2 is 1.95 bits per heavy atom. The van der Waals surface area contributed by atoms with Gasteiger partial charge in [-0.05, 0) is 75.6 Å². The van der Waals surface area contributed by atoms with Gasteiger partial charge in [-0.25, -0.2) is 9.18 Å². The molecule has 0 bridgehead atoms. The van der Waals surface area contributed by atoms with Crippen LogP contribution >= 0.6 is 0 Å². The minimum absolute atomic E-state index is 0.0342. The van der Waals surface area contributed by atoms with Crippen LogP contribution in [0.4, 0.5) is 14.9 Å². The summed E-state index contributed by atoms with van der Waals surface area (Å²) in [7, 11) is 0. The summed E-state index contributed by atoms with van der Waals surface area (Å²) >= 11 is 0. The monoisotopic (exact) mass is 539 g/mol. The lowest BCUT2D eigenvalue weighted by atomic mass is 9.79. The molecule has 1 saturated heterocycles. The number of likely N-dealkylation sites (tertiary alicyclic amines) is 1. The minimum atomic E-state index is -1.24. The highest BCUT2D eigenvalue weighted by Gasteiger charge is 2.57.